The summed E-state index contributed by atoms with van der Waals surface area (Å²) in [6.07, 6.45) is -0.546. The highest BCUT2D eigenvalue weighted by Crippen LogP contribution is 2.22. The molecule has 2 saturated heterocycles. The largest absolute Gasteiger partial charge is 0.415 e. The van der Waals surface area contributed by atoms with Gasteiger partial charge in [-0.3, -0.25) is 9.59 Å². The van der Waals surface area contributed by atoms with Crippen LogP contribution in [-0.4, -0.2) is 83.1 Å². The van der Waals surface area contributed by atoms with Gasteiger partial charge in [0.25, 0.3) is 0 Å². The van der Waals surface area contributed by atoms with E-state index in [0.717, 1.165) is 5.56 Å². The Morgan fingerprint density at radius 1 is 1.20 bits per heavy atom. The monoisotopic (exact) mass is 347 g/mol. The SMILES string of the molecule is Cc1ccc(OC(=O)N2CCN3C(=O)[C@H](CO)N(C)C(=O)[C@H]3C2)cc1. The molecule has 25 heavy (non-hydrogen) atoms. The third-order valence-electron chi connectivity index (χ3n) is 4.71. The Morgan fingerprint density at radius 2 is 1.88 bits per heavy atom. The number of amides is 3. The Bertz CT molecular complexity index is 690. The predicted octanol–water partition coefficient (Wildman–Crippen LogP) is -0.160. The molecule has 0 aromatic heterocycles. The number of hydrogen-bond donors (Lipinski definition) is 1. The van der Waals surface area contributed by atoms with E-state index in [9.17, 15) is 19.5 Å². The molecule has 0 unspecified atom stereocenters. The minimum absolute atomic E-state index is 0.0811. The van der Waals surface area contributed by atoms with Gasteiger partial charge < -0.3 is 24.5 Å². The molecular formula is C17H21N3O5. The van der Waals surface area contributed by atoms with E-state index < -0.39 is 24.8 Å². The van der Waals surface area contributed by atoms with E-state index in [0.29, 0.717) is 5.75 Å². The first-order valence-electron chi connectivity index (χ1n) is 8.14. The second-order valence-electron chi connectivity index (χ2n) is 6.32. The summed E-state index contributed by atoms with van der Waals surface area (Å²) in [7, 11) is 1.49. The summed E-state index contributed by atoms with van der Waals surface area (Å²) in [6, 6.07) is 5.51. The van der Waals surface area contributed by atoms with Gasteiger partial charge in [-0.05, 0) is 19.1 Å². The molecule has 2 heterocycles. The van der Waals surface area contributed by atoms with Crippen LogP contribution in [0.5, 0.6) is 5.75 Å². The van der Waals surface area contributed by atoms with Gasteiger partial charge in [0.2, 0.25) is 11.8 Å². The maximum Gasteiger partial charge on any atom is 0.415 e. The van der Waals surface area contributed by atoms with E-state index in [1.807, 2.05) is 19.1 Å². The molecule has 0 aliphatic carbocycles. The zero-order valence-electron chi connectivity index (χ0n) is 14.2. The van der Waals surface area contributed by atoms with Gasteiger partial charge in [-0.25, -0.2) is 4.79 Å². The van der Waals surface area contributed by atoms with Crippen molar-refractivity contribution in [2.75, 3.05) is 33.3 Å². The van der Waals surface area contributed by atoms with Crippen LogP contribution in [0.4, 0.5) is 4.79 Å². The molecule has 1 aromatic rings. The number of carbonyl (C=O) groups is 3. The number of nitrogens with zero attached hydrogens (tertiary/aromatic N) is 3. The molecule has 8 heteroatoms. The fourth-order valence-corrected chi connectivity index (χ4v) is 3.14. The number of piperazine rings is 2. The molecular weight excluding hydrogens is 326 g/mol. The number of rotatable bonds is 2. The van der Waals surface area contributed by atoms with Crippen LogP contribution < -0.4 is 4.74 Å². The number of fused-ring (bicyclic) bond motifs is 1. The van der Waals surface area contributed by atoms with Crippen molar-refractivity contribution in [3.05, 3.63) is 29.8 Å². The standard InChI is InChI=1S/C17H21N3O5/c1-11-3-5-12(6-4-11)25-17(24)19-7-8-20-13(9-19)15(22)18(2)14(10-21)16(20)23/h3-6,13-14,21H,7-10H2,1-2H3/t13-,14+/m1/s1. The predicted molar refractivity (Wildman–Crippen MR) is 87.9 cm³/mol. The third kappa shape index (κ3) is 3.17. The summed E-state index contributed by atoms with van der Waals surface area (Å²) < 4.78 is 5.34. The van der Waals surface area contributed by atoms with Crippen molar-refractivity contribution in [2.24, 2.45) is 0 Å². The Balaban J connectivity index is 1.69. The molecule has 1 aromatic carbocycles. The summed E-state index contributed by atoms with van der Waals surface area (Å²) in [5.74, 6) is -0.144. The number of aliphatic hydroxyl groups excluding tert-OH is 1. The summed E-state index contributed by atoms with van der Waals surface area (Å²) in [5, 5.41) is 9.34. The lowest BCUT2D eigenvalue weighted by Crippen LogP contribution is -2.70. The molecule has 0 radical (unpaired) electrons. The van der Waals surface area contributed by atoms with Gasteiger partial charge in [0, 0.05) is 20.1 Å². The van der Waals surface area contributed by atoms with E-state index in [-0.39, 0.29) is 31.4 Å². The van der Waals surface area contributed by atoms with Crippen molar-refractivity contribution in [3.63, 3.8) is 0 Å². The summed E-state index contributed by atoms with van der Waals surface area (Å²) in [6.45, 7) is 2.12. The van der Waals surface area contributed by atoms with Crippen molar-refractivity contribution in [1.29, 1.82) is 0 Å². The van der Waals surface area contributed by atoms with Crippen LogP contribution in [0.15, 0.2) is 24.3 Å². The lowest BCUT2D eigenvalue weighted by molar-refractivity contribution is -0.164. The van der Waals surface area contributed by atoms with Crippen molar-refractivity contribution < 1.29 is 24.2 Å². The van der Waals surface area contributed by atoms with E-state index in [2.05, 4.69) is 0 Å². The number of carbonyl (C=O) groups excluding carboxylic acids is 3. The number of hydrogen-bond acceptors (Lipinski definition) is 5. The van der Waals surface area contributed by atoms with Gasteiger partial charge in [-0.15, -0.1) is 0 Å². The van der Waals surface area contributed by atoms with Crippen LogP contribution in [0, 0.1) is 6.92 Å². The van der Waals surface area contributed by atoms with E-state index in [4.69, 9.17) is 4.74 Å². The molecule has 8 nitrogen and oxygen atoms in total. The van der Waals surface area contributed by atoms with Crippen LogP contribution in [0.3, 0.4) is 0 Å². The molecule has 2 fully saturated rings. The minimum atomic E-state index is -0.852. The first kappa shape index (κ1) is 17.2. The second kappa shape index (κ2) is 6.72. The van der Waals surface area contributed by atoms with Gasteiger partial charge in [0.05, 0.1) is 13.2 Å². The lowest BCUT2D eigenvalue weighted by atomic mass is 10.0. The highest BCUT2D eigenvalue weighted by atomic mass is 16.6. The van der Waals surface area contributed by atoms with Crippen molar-refractivity contribution >= 4 is 17.9 Å². The molecule has 2 atom stereocenters. The maximum atomic E-state index is 12.5. The molecule has 3 rings (SSSR count). The van der Waals surface area contributed by atoms with E-state index in [1.54, 1.807) is 12.1 Å². The fourth-order valence-electron chi connectivity index (χ4n) is 3.14. The Morgan fingerprint density at radius 3 is 2.52 bits per heavy atom. The van der Waals surface area contributed by atoms with Gasteiger partial charge in [0.15, 0.2) is 0 Å². The number of ether oxygens (including phenoxy) is 1. The topological polar surface area (TPSA) is 90.4 Å². The van der Waals surface area contributed by atoms with Gasteiger partial charge >= 0.3 is 6.09 Å². The smallest absolute Gasteiger partial charge is 0.410 e. The van der Waals surface area contributed by atoms with Crippen LogP contribution in [-0.2, 0) is 9.59 Å². The minimum Gasteiger partial charge on any atom is -0.410 e. The fraction of sp³-hybridized carbons (Fsp3) is 0.471. The molecule has 1 N–H and O–H groups in total. The summed E-state index contributed by atoms with van der Waals surface area (Å²) >= 11 is 0. The molecule has 2 aliphatic rings. The van der Waals surface area contributed by atoms with Crippen molar-refractivity contribution in [3.8, 4) is 5.75 Å². The molecule has 134 valence electrons. The average Bonchev–Trinajstić information content (AvgIpc) is 2.62. The van der Waals surface area contributed by atoms with Crippen LogP contribution >= 0.6 is 0 Å². The Hall–Kier alpha value is -2.61. The molecule has 0 spiro atoms. The van der Waals surface area contributed by atoms with Gasteiger partial charge in [0.1, 0.15) is 17.8 Å². The van der Waals surface area contributed by atoms with E-state index >= 15 is 0 Å². The second-order valence-corrected chi connectivity index (χ2v) is 6.32. The molecule has 3 amide bonds. The summed E-state index contributed by atoms with van der Waals surface area (Å²) in [4.78, 5) is 41.3. The number of benzene rings is 1. The van der Waals surface area contributed by atoms with Crippen LogP contribution in [0.1, 0.15) is 5.56 Å². The lowest BCUT2D eigenvalue weighted by Gasteiger charge is -2.47. The molecule has 0 bridgehead atoms. The number of aliphatic hydroxyl groups is 1. The van der Waals surface area contributed by atoms with Crippen molar-refractivity contribution in [1.82, 2.24) is 14.7 Å². The van der Waals surface area contributed by atoms with Crippen LogP contribution in [0.2, 0.25) is 0 Å². The highest BCUT2D eigenvalue weighted by molar-refractivity contribution is 5.97. The van der Waals surface area contributed by atoms with E-state index in [1.165, 1.54) is 21.7 Å². The number of aryl methyl sites for hydroxylation is 1. The molecule has 0 saturated carbocycles. The average molecular weight is 347 g/mol. The Labute approximate surface area is 145 Å². The first-order chi connectivity index (χ1) is 11.9. The third-order valence-corrected chi connectivity index (χ3v) is 4.71. The zero-order chi connectivity index (χ0) is 18.1. The quantitative estimate of drug-likeness (QED) is 0.803. The number of likely N-dealkylation sites (N-methyl/N-ethyl adjacent to an activating group) is 1. The van der Waals surface area contributed by atoms with Crippen molar-refractivity contribution in [2.45, 2.75) is 19.0 Å². The normalized spacial score (nSPS) is 23.6. The maximum absolute atomic E-state index is 12.5. The molecule has 2 aliphatic heterocycles. The van der Waals surface area contributed by atoms with Gasteiger partial charge in [-0.1, -0.05) is 17.7 Å². The highest BCUT2D eigenvalue weighted by Gasteiger charge is 2.47. The van der Waals surface area contributed by atoms with Gasteiger partial charge in [-0.2, -0.15) is 0 Å². The summed E-state index contributed by atoms with van der Waals surface area (Å²) in [5.41, 5.74) is 1.06. The van der Waals surface area contributed by atoms with Crippen LogP contribution in [0.25, 0.3) is 0 Å². The first-order valence-corrected chi connectivity index (χ1v) is 8.14. The zero-order valence-corrected chi connectivity index (χ0v) is 14.2. The Kier molecular flexibility index (Phi) is 4.63.